The SMILES string of the molecule is O=C(NC1CCNC1=O)c1cnc(-c2ccc(NCC3(c4ncccc4F)CCC3)nn2)s1. The van der Waals surface area contributed by atoms with Crippen LogP contribution in [0.15, 0.2) is 36.7 Å². The van der Waals surface area contributed by atoms with Crippen molar-refractivity contribution < 1.29 is 14.0 Å². The van der Waals surface area contributed by atoms with Crippen LogP contribution in [0.3, 0.4) is 0 Å². The van der Waals surface area contributed by atoms with Crippen LogP contribution in [0.4, 0.5) is 10.2 Å². The third-order valence-corrected chi connectivity index (χ3v) is 7.17. The molecule has 0 bridgehead atoms. The van der Waals surface area contributed by atoms with Gasteiger partial charge in [-0.05, 0) is 43.5 Å². The van der Waals surface area contributed by atoms with Crippen molar-refractivity contribution in [2.75, 3.05) is 18.4 Å². The molecule has 33 heavy (non-hydrogen) atoms. The zero-order valence-electron chi connectivity index (χ0n) is 17.7. The molecule has 0 radical (unpaired) electrons. The van der Waals surface area contributed by atoms with Crippen molar-refractivity contribution in [2.45, 2.75) is 37.1 Å². The quantitative estimate of drug-likeness (QED) is 0.487. The van der Waals surface area contributed by atoms with Crippen LogP contribution in [0.1, 0.15) is 41.0 Å². The zero-order valence-corrected chi connectivity index (χ0v) is 18.5. The van der Waals surface area contributed by atoms with Gasteiger partial charge in [-0.1, -0.05) is 6.42 Å². The molecule has 2 aliphatic rings. The fourth-order valence-corrected chi connectivity index (χ4v) is 4.92. The Morgan fingerprint density at radius 1 is 1.24 bits per heavy atom. The monoisotopic (exact) mass is 467 g/mol. The third-order valence-electron chi connectivity index (χ3n) is 6.15. The second-order valence-electron chi connectivity index (χ2n) is 8.26. The van der Waals surface area contributed by atoms with Gasteiger partial charge in [-0.25, -0.2) is 9.37 Å². The lowest BCUT2D eigenvalue weighted by Crippen LogP contribution is -2.42. The third kappa shape index (κ3) is 4.28. The zero-order chi connectivity index (χ0) is 22.8. The number of thiazole rings is 1. The van der Waals surface area contributed by atoms with Crippen molar-refractivity contribution in [2.24, 2.45) is 0 Å². The molecule has 2 amide bonds. The van der Waals surface area contributed by atoms with Crippen molar-refractivity contribution in [3.05, 3.63) is 53.0 Å². The number of hydrogen-bond donors (Lipinski definition) is 3. The summed E-state index contributed by atoms with van der Waals surface area (Å²) in [6.45, 7) is 1.08. The average molecular weight is 468 g/mol. The van der Waals surface area contributed by atoms with Gasteiger partial charge in [0, 0.05) is 24.7 Å². The number of pyridine rings is 1. The Kier molecular flexibility index (Phi) is 5.71. The van der Waals surface area contributed by atoms with Crippen LogP contribution in [0.5, 0.6) is 0 Å². The van der Waals surface area contributed by atoms with Crippen molar-refractivity contribution >= 4 is 29.0 Å². The summed E-state index contributed by atoms with van der Waals surface area (Å²) in [4.78, 5) is 33.0. The van der Waals surface area contributed by atoms with Crippen molar-refractivity contribution in [1.82, 2.24) is 30.8 Å². The second kappa shape index (κ2) is 8.81. The molecule has 3 N–H and O–H groups in total. The highest BCUT2D eigenvalue weighted by atomic mass is 32.1. The first-order valence-electron chi connectivity index (χ1n) is 10.8. The molecule has 11 heteroatoms. The molecule has 1 saturated carbocycles. The lowest BCUT2D eigenvalue weighted by molar-refractivity contribution is -0.120. The number of carbonyl (C=O) groups excluding carboxylic acids is 2. The summed E-state index contributed by atoms with van der Waals surface area (Å²) in [6, 6.07) is 6.10. The lowest BCUT2D eigenvalue weighted by atomic mass is 9.66. The van der Waals surface area contributed by atoms with Crippen LogP contribution >= 0.6 is 11.3 Å². The van der Waals surface area contributed by atoms with Gasteiger partial charge in [0.1, 0.15) is 33.3 Å². The molecule has 1 aliphatic carbocycles. The Balaban J connectivity index is 1.23. The van der Waals surface area contributed by atoms with Gasteiger partial charge in [0.25, 0.3) is 5.91 Å². The summed E-state index contributed by atoms with van der Waals surface area (Å²) in [5, 5.41) is 17.7. The maximum atomic E-state index is 14.3. The molecule has 5 rings (SSSR count). The van der Waals surface area contributed by atoms with Gasteiger partial charge in [-0.15, -0.1) is 21.5 Å². The van der Waals surface area contributed by atoms with Gasteiger partial charge in [0.05, 0.1) is 11.9 Å². The lowest BCUT2D eigenvalue weighted by Gasteiger charge is -2.41. The molecule has 1 aliphatic heterocycles. The predicted octanol–water partition coefficient (Wildman–Crippen LogP) is 2.29. The van der Waals surface area contributed by atoms with E-state index in [1.54, 1.807) is 24.4 Å². The second-order valence-corrected chi connectivity index (χ2v) is 9.29. The minimum absolute atomic E-state index is 0.170. The number of nitrogens with one attached hydrogen (secondary N) is 3. The number of nitrogens with zero attached hydrogens (tertiary/aromatic N) is 4. The topological polar surface area (TPSA) is 122 Å². The minimum atomic E-state index is -0.508. The van der Waals surface area contributed by atoms with Gasteiger partial charge in [0.2, 0.25) is 5.91 Å². The molecule has 9 nitrogen and oxygen atoms in total. The Labute approximate surface area is 193 Å². The van der Waals surface area contributed by atoms with Gasteiger partial charge in [-0.3, -0.25) is 14.6 Å². The van der Waals surface area contributed by atoms with Crippen molar-refractivity contribution in [3.8, 4) is 10.7 Å². The Morgan fingerprint density at radius 3 is 2.79 bits per heavy atom. The van der Waals surface area contributed by atoms with Crippen molar-refractivity contribution in [3.63, 3.8) is 0 Å². The summed E-state index contributed by atoms with van der Waals surface area (Å²) < 4.78 is 14.3. The van der Waals surface area contributed by atoms with E-state index in [2.05, 4.69) is 36.1 Å². The molecule has 0 aromatic carbocycles. The fourth-order valence-electron chi connectivity index (χ4n) is 4.14. The number of aromatic nitrogens is 4. The molecule has 1 atom stereocenters. The predicted molar refractivity (Wildman–Crippen MR) is 120 cm³/mol. The summed E-state index contributed by atoms with van der Waals surface area (Å²) in [7, 11) is 0. The number of carbonyl (C=O) groups is 2. The molecule has 170 valence electrons. The number of anilines is 1. The summed E-state index contributed by atoms with van der Waals surface area (Å²) in [6.07, 6.45) is 6.44. The maximum Gasteiger partial charge on any atom is 0.263 e. The normalized spacial score (nSPS) is 18.9. The van der Waals surface area contributed by atoms with Gasteiger partial charge in [0.15, 0.2) is 0 Å². The molecule has 1 unspecified atom stereocenters. The molecule has 3 aromatic rings. The van der Waals surface area contributed by atoms with Crippen LogP contribution in [-0.4, -0.2) is 51.1 Å². The standard InChI is InChI=1S/C22H22FN7O2S/c23-13-3-1-9-24-18(13)22(7-2-8-22)12-27-17-5-4-15(29-30-17)21-26-11-16(33-21)20(32)28-14-6-10-25-19(14)31/h1,3-5,9,11,14H,2,6-8,10,12H2,(H,25,31)(H,27,30)(H,28,32). The first kappa shape index (κ1) is 21.4. The van der Waals surface area contributed by atoms with E-state index in [-0.39, 0.29) is 23.0 Å². The van der Waals surface area contributed by atoms with E-state index in [9.17, 15) is 14.0 Å². The highest BCUT2D eigenvalue weighted by molar-refractivity contribution is 7.16. The first-order valence-corrected chi connectivity index (χ1v) is 11.6. The van der Waals surface area contributed by atoms with Crippen LogP contribution in [0.25, 0.3) is 10.7 Å². The van der Waals surface area contributed by atoms with Gasteiger partial charge in [-0.2, -0.15) is 0 Å². The number of halogens is 1. The number of rotatable bonds is 7. The molecular formula is C22H22FN7O2S. The van der Waals surface area contributed by atoms with Crippen LogP contribution in [-0.2, 0) is 10.2 Å². The summed E-state index contributed by atoms with van der Waals surface area (Å²) >= 11 is 1.19. The van der Waals surface area contributed by atoms with E-state index in [4.69, 9.17) is 0 Å². The Hall–Kier alpha value is -3.47. The van der Waals surface area contributed by atoms with E-state index in [1.807, 2.05) is 0 Å². The van der Waals surface area contributed by atoms with Crippen LogP contribution in [0.2, 0.25) is 0 Å². The largest absolute Gasteiger partial charge is 0.368 e. The minimum Gasteiger partial charge on any atom is -0.368 e. The van der Waals surface area contributed by atoms with E-state index in [0.29, 0.717) is 46.6 Å². The average Bonchev–Trinajstić information content (AvgIpc) is 3.44. The van der Waals surface area contributed by atoms with Crippen molar-refractivity contribution in [1.29, 1.82) is 0 Å². The summed E-state index contributed by atoms with van der Waals surface area (Å²) in [5.74, 6) is -0.211. The van der Waals surface area contributed by atoms with Gasteiger partial charge >= 0.3 is 0 Å². The first-order chi connectivity index (χ1) is 16.0. The van der Waals surface area contributed by atoms with Gasteiger partial charge < -0.3 is 16.0 Å². The molecular weight excluding hydrogens is 445 g/mol. The Bertz CT molecular complexity index is 1180. The Morgan fingerprint density at radius 2 is 2.12 bits per heavy atom. The summed E-state index contributed by atoms with van der Waals surface area (Å²) in [5.41, 5.74) is 0.703. The van der Waals surface area contributed by atoms with E-state index in [0.717, 1.165) is 19.3 Å². The highest BCUT2D eigenvalue weighted by Crippen LogP contribution is 2.43. The van der Waals surface area contributed by atoms with E-state index in [1.165, 1.54) is 23.6 Å². The van der Waals surface area contributed by atoms with Crippen LogP contribution < -0.4 is 16.0 Å². The molecule has 4 heterocycles. The molecule has 1 saturated heterocycles. The molecule has 0 spiro atoms. The smallest absolute Gasteiger partial charge is 0.263 e. The number of amides is 2. The van der Waals surface area contributed by atoms with E-state index < -0.39 is 6.04 Å². The molecule has 2 fully saturated rings. The van der Waals surface area contributed by atoms with E-state index >= 15 is 0 Å². The maximum absolute atomic E-state index is 14.3. The highest BCUT2D eigenvalue weighted by Gasteiger charge is 2.41. The van der Waals surface area contributed by atoms with Crippen LogP contribution in [0, 0.1) is 5.82 Å². The number of hydrogen-bond acceptors (Lipinski definition) is 8. The molecule has 3 aromatic heterocycles. The fraction of sp³-hybridized carbons (Fsp3) is 0.364.